The van der Waals surface area contributed by atoms with Crippen LogP contribution in [0.4, 0.5) is 0 Å². The molecule has 92 valence electrons. The molecule has 1 heterocycles. The van der Waals surface area contributed by atoms with E-state index in [0.717, 1.165) is 18.0 Å². The number of nitrogens with zero attached hydrogens (tertiary/aromatic N) is 1. The highest BCUT2D eigenvalue weighted by Crippen LogP contribution is 2.42. The molecule has 2 fully saturated rings. The Bertz CT molecular complexity index is 380. The third-order valence-corrected chi connectivity index (χ3v) is 5.06. The number of rotatable bonds is 2. The smallest absolute Gasteiger partial charge is 0.0175 e. The number of halogens is 1. The highest BCUT2D eigenvalue weighted by atomic mass is 79.9. The van der Waals surface area contributed by atoms with Gasteiger partial charge in [-0.25, -0.2) is 0 Å². The van der Waals surface area contributed by atoms with E-state index in [-0.39, 0.29) is 0 Å². The molecule has 1 aromatic carbocycles. The van der Waals surface area contributed by atoms with Gasteiger partial charge in [0.15, 0.2) is 0 Å². The van der Waals surface area contributed by atoms with E-state index in [0.29, 0.717) is 0 Å². The first-order valence-corrected chi connectivity index (χ1v) is 7.54. The van der Waals surface area contributed by atoms with Gasteiger partial charge in [0.05, 0.1) is 0 Å². The highest BCUT2D eigenvalue weighted by molar-refractivity contribution is 9.10. The monoisotopic (exact) mass is 293 g/mol. The van der Waals surface area contributed by atoms with E-state index in [1.54, 1.807) is 0 Å². The summed E-state index contributed by atoms with van der Waals surface area (Å²) in [6.45, 7) is 3.72. The Morgan fingerprint density at radius 3 is 2.47 bits per heavy atom. The summed E-state index contributed by atoms with van der Waals surface area (Å²) in [5, 5.41) is 0. The Hall–Kier alpha value is -0.340. The van der Waals surface area contributed by atoms with Crippen molar-refractivity contribution in [1.82, 2.24) is 4.90 Å². The molecule has 1 saturated heterocycles. The first kappa shape index (κ1) is 11.7. The van der Waals surface area contributed by atoms with E-state index in [1.807, 2.05) is 0 Å². The van der Waals surface area contributed by atoms with Crippen LogP contribution in [0.25, 0.3) is 0 Å². The van der Waals surface area contributed by atoms with Gasteiger partial charge in [-0.15, -0.1) is 0 Å². The first-order chi connectivity index (χ1) is 8.24. The minimum absolute atomic E-state index is 0.806. The predicted molar refractivity (Wildman–Crippen MR) is 75.3 cm³/mol. The summed E-state index contributed by atoms with van der Waals surface area (Å²) in [6, 6.07) is 10.6. The zero-order valence-electron chi connectivity index (χ0n) is 10.4. The van der Waals surface area contributed by atoms with Crippen molar-refractivity contribution in [2.45, 2.75) is 50.6 Å². The van der Waals surface area contributed by atoms with Crippen LogP contribution in [0.1, 0.15) is 44.1 Å². The van der Waals surface area contributed by atoms with E-state index in [4.69, 9.17) is 0 Å². The molecule has 0 bridgehead atoms. The number of benzene rings is 1. The molecule has 2 aliphatic rings. The maximum Gasteiger partial charge on any atom is 0.0175 e. The zero-order valence-corrected chi connectivity index (χ0v) is 12.0. The average Bonchev–Trinajstić information content (AvgIpc) is 2.66. The van der Waals surface area contributed by atoms with Crippen molar-refractivity contribution in [3.8, 4) is 0 Å². The van der Waals surface area contributed by atoms with Crippen molar-refractivity contribution in [1.29, 1.82) is 0 Å². The number of hydrogen-bond donors (Lipinski definition) is 0. The van der Waals surface area contributed by atoms with E-state index in [2.05, 4.69) is 52.0 Å². The maximum absolute atomic E-state index is 3.50. The van der Waals surface area contributed by atoms with Crippen LogP contribution in [-0.2, 0) is 0 Å². The fourth-order valence-electron chi connectivity index (χ4n) is 3.36. The number of hydrogen-bond acceptors (Lipinski definition) is 1. The molecular formula is C15H20BrN. The second kappa shape index (κ2) is 4.74. The van der Waals surface area contributed by atoms with Crippen LogP contribution in [0.3, 0.4) is 0 Å². The Morgan fingerprint density at radius 1 is 1.18 bits per heavy atom. The van der Waals surface area contributed by atoms with Crippen molar-refractivity contribution in [3.63, 3.8) is 0 Å². The summed E-state index contributed by atoms with van der Waals surface area (Å²) in [5.74, 6) is 0.806. The van der Waals surface area contributed by atoms with Crippen LogP contribution in [0.2, 0.25) is 0 Å². The largest absolute Gasteiger partial charge is 0.298 e. The van der Waals surface area contributed by atoms with Crippen molar-refractivity contribution >= 4 is 15.9 Å². The molecule has 1 aliphatic heterocycles. The van der Waals surface area contributed by atoms with Gasteiger partial charge in [-0.05, 0) is 62.8 Å². The maximum atomic E-state index is 3.50. The summed E-state index contributed by atoms with van der Waals surface area (Å²) in [4.78, 5) is 2.73. The van der Waals surface area contributed by atoms with Gasteiger partial charge in [0.25, 0.3) is 0 Å². The lowest BCUT2D eigenvalue weighted by molar-refractivity contribution is 0.103. The second-order valence-electron chi connectivity index (χ2n) is 5.60. The molecule has 0 amide bonds. The summed E-state index contributed by atoms with van der Waals surface area (Å²) in [6.07, 6.45) is 5.54. The molecule has 0 unspecified atom stereocenters. The standard InChI is InChI=1S/C15H20BrN/c1-11-3-2-8-17(11)15-9-13(10-15)12-4-6-14(16)7-5-12/h4-7,11,13,15H,2-3,8-10H2,1H3/t11-,13?,15?/m0/s1. The van der Waals surface area contributed by atoms with Crippen LogP contribution in [-0.4, -0.2) is 23.5 Å². The summed E-state index contributed by atoms with van der Waals surface area (Å²) in [7, 11) is 0. The SMILES string of the molecule is C[C@H]1CCCN1C1CC(c2ccc(Br)cc2)C1. The highest BCUT2D eigenvalue weighted by Gasteiger charge is 2.37. The molecule has 0 N–H and O–H groups in total. The molecule has 1 aromatic rings. The van der Waals surface area contributed by atoms with Crippen molar-refractivity contribution in [2.75, 3.05) is 6.54 Å². The summed E-state index contributed by atoms with van der Waals surface area (Å²) >= 11 is 3.50. The second-order valence-corrected chi connectivity index (χ2v) is 6.52. The minimum atomic E-state index is 0.806. The molecular weight excluding hydrogens is 274 g/mol. The predicted octanol–water partition coefficient (Wildman–Crippen LogP) is 4.18. The third-order valence-electron chi connectivity index (χ3n) is 4.53. The van der Waals surface area contributed by atoms with Crippen LogP contribution in [0.5, 0.6) is 0 Å². The third kappa shape index (κ3) is 2.30. The quantitative estimate of drug-likeness (QED) is 0.791. The molecule has 1 nitrogen and oxygen atoms in total. The van der Waals surface area contributed by atoms with E-state index in [1.165, 1.54) is 42.3 Å². The molecule has 3 rings (SSSR count). The fourth-order valence-corrected chi connectivity index (χ4v) is 3.63. The topological polar surface area (TPSA) is 3.24 Å². The van der Waals surface area contributed by atoms with Crippen molar-refractivity contribution in [2.24, 2.45) is 0 Å². The molecule has 0 radical (unpaired) electrons. The van der Waals surface area contributed by atoms with Gasteiger partial charge in [-0.1, -0.05) is 28.1 Å². The lowest BCUT2D eigenvalue weighted by Gasteiger charge is -2.43. The van der Waals surface area contributed by atoms with Gasteiger partial charge in [-0.2, -0.15) is 0 Å². The Balaban J connectivity index is 1.59. The van der Waals surface area contributed by atoms with Gasteiger partial charge in [0.1, 0.15) is 0 Å². The zero-order chi connectivity index (χ0) is 11.8. The molecule has 1 atom stereocenters. The van der Waals surface area contributed by atoms with Gasteiger partial charge in [0, 0.05) is 16.6 Å². The lowest BCUT2D eigenvalue weighted by atomic mass is 9.75. The Morgan fingerprint density at radius 2 is 1.88 bits per heavy atom. The van der Waals surface area contributed by atoms with Gasteiger partial charge in [0.2, 0.25) is 0 Å². The van der Waals surface area contributed by atoms with Crippen LogP contribution >= 0.6 is 15.9 Å². The minimum Gasteiger partial charge on any atom is -0.298 e. The summed E-state index contributed by atoms with van der Waals surface area (Å²) < 4.78 is 1.19. The van der Waals surface area contributed by atoms with E-state index >= 15 is 0 Å². The van der Waals surface area contributed by atoms with E-state index in [9.17, 15) is 0 Å². The first-order valence-electron chi connectivity index (χ1n) is 6.75. The molecule has 0 aromatic heterocycles. The molecule has 17 heavy (non-hydrogen) atoms. The van der Waals surface area contributed by atoms with Crippen LogP contribution < -0.4 is 0 Å². The van der Waals surface area contributed by atoms with Gasteiger partial charge >= 0.3 is 0 Å². The average molecular weight is 294 g/mol. The van der Waals surface area contributed by atoms with Crippen LogP contribution in [0.15, 0.2) is 28.7 Å². The molecule has 2 heteroatoms. The van der Waals surface area contributed by atoms with Gasteiger partial charge < -0.3 is 0 Å². The van der Waals surface area contributed by atoms with E-state index < -0.39 is 0 Å². The normalized spacial score (nSPS) is 33.6. The molecule has 1 aliphatic carbocycles. The van der Waals surface area contributed by atoms with Gasteiger partial charge in [-0.3, -0.25) is 4.90 Å². The Kier molecular flexibility index (Phi) is 3.27. The summed E-state index contributed by atoms with van der Waals surface area (Å²) in [5.41, 5.74) is 1.52. The fraction of sp³-hybridized carbons (Fsp3) is 0.600. The Labute approximate surface area is 112 Å². The van der Waals surface area contributed by atoms with Crippen molar-refractivity contribution < 1.29 is 0 Å². The molecule has 0 spiro atoms. The van der Waals surface area contributed by atoms with Crippen molar-refractivity contribution in [3.05, 3.63) is 34.3 Å². The van der Waals surface area contributed by atoms with Crippen LogP contribution in [0, 0.1) is 0 Å². The molecule has 1 saturated carbocycles. The number of likely N-dealkylation sites (tertiary alicyclic amines) is 1. The lowest BCUT2D eigenvalue weighted by Crippen LogP contribution is -2.45.